The van der Waals surface area contributed by atoms with E-state index in [4.69, 9.17) is 5.41 Å². The van der Waals surface area contributed by atoms with Gasteiger partial charge in [0.05, 0.1) is 0 Å². The normalized spacial score (nSPS) is 15.2. The molecule has 0 bridgehead atoms. The summed E-state index contributed by atoms with van der Waals surface area (Å²) in [6, 6.07) is 0. The molecule has 0 unspecified atom stereocenters. The zero-order valence-corrected chi connectivity index (χ0v) is 17.7. The van der Waals surface area contributed by atoms with Gasteiger partial charge in [0.1, 0.15) is 0 Å². The van der Waals surface area contributed by atoms with E-state index in [1.165, 1.54) is 11.8 Å². The van der Waals surface area contributed by atoms with Crippen LogP contribution in [0.1, 0.15) is 60.8 Å². The molecule has 1 amide bonds. The van der Waals surface area contributed by atoms with Crippen molar-refractivity contribution in [3.63, 3.8) is 0 Å². The number of nitrogens with one attached hydrogen (secondary N) is 2. The molecule has 1 rings (SSSR count). The second-order valence-corrected chi connectivity index (χ2v) is 6.08. The summed E-state index contributed by atoms with van der Waals surface area (Å²) in [5, 5.41) is 9.38. The van der Waals surface area contributed by atoms with Gasteiger partial charge < -0.3 is 20.5 Å². The molecule has 0 spiro atoms. The molecule has 2 N–H and O–H groups in total. The van der Waals surface area contributed by atoms with Crippen molar-refractivity contribution in [2.45, 2.75) is 60.8 Å². The summed E-state index contributed by atoms with van der Waals surface area (Å²) in [7, 11) is 2.13. The molecule has 5 heteroatoms. The van der Waals surface area contributed by atoms with E-state index in [1.807, 2.05) is 18.7 Å². The average Bonchev–Trinajstić information content (AvgIpc) is 2.64. The zero-order chi connectivity index (χ0) is 19.7. The van der Waals surface area contributed by atoms with E-state index in [0.717, 1.165) is 52.0 Å². The number of hydrogen-bond donors (Lipinski definition) is 2. The zero-order valence-electron chi connectivity index (χ0n) is 17.7. The van der Waals surface area contributed by atoms with Crippen LogP contribution in [0.3, 0.4) is 0 Å². The third-order valence-electron chi connectivity index (χ3n) is 4.19. The van der Waals surface area contributed by atoms with Crippen molar-refractivity contribution in [3.8, 4) is 0 Å². The van der Waals surface area contributed by atoms with E-state index < -0.39 is 0 Å². The number of carbonyl (C=O) groups is 1. The van der Waals surface area contributed by atoms with Gasteiger partial charge in [-0.25, -0.2) is 0 Å². The first-order chi connectivity index (χ1) is 12.0. The average molecular weight is 355 g/mol. The molecule has 0 atom stereocenters. The number of likely N-dealkylation sites (N-methyl/N-ethyl adjacent to an activating group) is 1. The number of amides is 1. The van der Waals surface area contributed by atoms with Gasteiger partial charge in [-0.05, 0) is 72.6 Å². The van der Waals surface area contributed by atoms with Gasteiger partial charge in [-0.2, -0.15) is 0 Å². The van der Waals surface area contributed by atoms with Gasteiger partial charge >= 0.3 is 0 Å². The first kappa shape index (κ1) is 25.9. The standard InChI is InChI=1S/C16H31N3O.C2H5N.C2H6/c1-5-14(3)13-17-9-12-19(6-2)16(20)15-7-10-18(4)11-8-15;1-2-3;1-2/h13,15,17H,5-12H2,1-4H3;2-3H,1H3;1-2H3/b14-13+;;. The highest BCUT2D eigenvalue weighted by Crippen LogP contribution is 2.18. The number of carbonyl (C=O) groups excluding carboxylic acids is 1. The van der Waals surface area contributed by atoms with E-state index in [1.54, 1.807) is 6.92 Å². The molecule has 0 saturated carbocycles. The van der Waals surface area contributed by atoms with Crippen molar-refractivity contribution in [2.24, 2.45) is 5.92 Å². The number of nitrogens with zero attached hydrogens (tertiary/aromatic N) is 2. The maximum Gasteiger partial charge on any atom is 0.225 e. The Morgan fingerprint density at radius 3 is 2.24 bits per heavy atom. The third-order valence-corrected chi connectivity index (χ3v) is 4.19. The maximum atomic E-state index is 12.5. The Hall–Kier alpha value is -1.36. The minimum Gasteiger partial charge on any atom is -0.389 e. The molecule has 1 aliphatic heterocycles. The summed E-state index contributed by atoms with van der Waals surface area (Å²) < 4.78 is 0. The lowest BCUT2D eigenvalue weighted by atomic mass is 9.95. The van der Waals surface area contributed by atoms with Crippen LogP contribution < -0.4 is 5.32 Å². The van der Waals surface area contributed by atoms with Crippen LogP contribution in [0, 0.1) is 11.3 Å². The molecule has 1 saturated heterocycles. The van der Waals surface area contributed by atoms with Gasteiger partial charge in [-0.1, -0.05) is 26.3 Å². The van der Waals surface area contributed by atoms with Crippen molar-refractivity contribution in [2.75, 3.05) is 39.8 Å². The number of piperidine rings is 1. The molecule has 1 heterocycles. The van der Waals surface area contributed by atoms with Crippen LogP contribution in [-0.2, 0) is 4.79 Å². The summed E-state index contributed by atoms with van der Waals surface area (Å²) in [6.07, 6.45) is 6.40. The fraction of sp³-hybridized carbons (Fsp3) is 0.800. The van der Waals surface area contributed by atoms with Crippen molar-refractivity contribution in [1.29, 1.82) is 5.41 Å². The molecular formula is C20H42N4O. The summed E-state index contributed by atoms with van der Waals surface area (Å²) in [5.41, 5.74) is 1.34. The number of allylic oxidation sites excluding steroid dienone is 1. The molecule has 0 aliphatic carbocycles. The van der Waals surface area contributed by atoms with E-state index in [2.05, 4.69) is 44.2 Å². The van der Waals surface area contributed by atoms with Crippen LogP contribution in [0.4, 0.5) is 0 Å². The first-order valence-electron chi connectivity index (χ1n) is 9.81. The fourth-order valence-corrected chi connectivity index (χ4v) is 2.49. The van der Waals surface area contributed by atoms with Crippen LogP contribution in [0.25, 0.3) is 0 Å². The van der Waals surface area contributed by atoms with Gasteiger partial charge in [-0.3, -0.25) is 4.79 Å². The highest BCUT2D eigenvalue weighted by atomic mass is 16.2. The maximum absolute atomic E-state index is 12.5. The van der Waals surface area contributed by atoms with Crippen molar-refractivity contribution in [1.82, 2.24) is 15.1 Å². The molecule has 25 heavy (non-hydrogen) atoms. The van der Waals surface area contributed by atoms with E-state index in [-0.39, 0.29) is 5.92 Å². The van der Waals surface area contributed by atoms with Crippen LogP contribution in [0.2, 0.25) is 0 Å². The largest absolute Gasteiger partial charge is 0.389 e. The summed E-state index contributed by atoms with van der Waals surface area (Å²) in [6.45, 7) is 16.5. The predicted molar refractivity (Wildman–Crippen MR) is 110 cm³/mol. The molecule has 148 valence electrons. The number of hydrogen-bond acceptors (Lipinski definition) is 4. The molecule has 1 aliphatic rings. The minimum atomic E-state index is 0.235. The van der Waals surface area contributed by atoms with Crippen LogP contribution in [0.5, 0.6) is 0 Å². The lowest BCUT2D eigenvalue weighted by Crippen LogP contribution is -2.43. The predicted octanol–water partition coefficient (Wildman–Crippen LogP) is 3.76. The molecule has 0 aromatic heterocycles. The molecule has 5 nitrogen and oxygen atoms in total. The van der Waals surface area contributed by atoms with E-state index in [9.17, 15) is 4.79 Å². The SMILES string of the molecule is CC.CC/C(C)=C/NCCN(CC)C(=O)C1CCN(C)CC1.CC=N. The van der Waals surface area contributed by atoms with Gasteiger partial charge in [-0.15, -0.1) is 0 Å². The van der Waals surface area contributed by atoms with Crippen LogP contribution >= 0.6 is 0 Å². The monoisotopic (exact) mass is 354 g/mol. The molecule has 0 radical (unpaired) electrons. The second kappa shape index (κ2) is 17.5. The Kier molecular flexibility index (Phi) is 18.1. The highest BCUT2D eigenvalue weighted by molar-refractivity contribution is 5.79. The Labute approximate surface area is 156 Å². The Morgan fingerprint density at radius 1 is 1.28 bits per heavy atom. The summed E-state index contributed by atoms with van der Waals surface area (Å²) >= 11 is 0. The Balaban J connectivity index is 0. The van der Waals surface area contributed by atoms with E-state index in [0.29, 0.717) is 5.91 Å². The second-order valence-electron chi connectivity index (χ2n) is 6.08. The lowest BCUT2D eigenvalue weighted by molar-refractivity contribution is -0.136. The lowest BCUT2D eigenvalue weighted by Gasteiger charge is -2.32. The van der Waals surface area contributed by atoms with Crippen molar-refractivity contribution in [3.05, 3.63) is 11.8 Å². The van der Waals surface area contributed by atoms with Gasteiger partial charge in [0.2, 0.25) is 5.91 Å². The minimum absolute atomic E-state index is 0.235. The quantitative estimate of drug-likeness (QED) is 0.540. The smallest absolute Gasteiger partial charge is 0.225 e. The van der Waals surface area contributed by atoms with Crippen molar-refractivity contribution < 1.29 is 4.79 Å². The van der Waals surface area contributed by atoms with Gasteiger partial charge in [0, 0.05) is 25.6 Å². The number of rotatable bonds is 7. The Bertz CT molecular complexity index is 361. The van der Waals surface area contributed by atoms with E-state index >= 15 is 0 Å². The van der Waals surface area contributed by atoms with Gasteiger partial charge in [0.15, 0.2) is 0 Å². The fourth-order valence-electron chi connectivity index (χ4n) is 2.49. The van der Waals surface area contributed by atoms with Gasteiger partial charge in [0.25, 0.3) is 0 Å². The highest BCUT2D eigenvalue weighted by Gasteiger charge is 2.26. The first-order valence-corrected chi connectivity index (χ1v) is 9.81. The number of likely N-dealkylation sites (tertiary alicyclic amines) is 1. The topological polar surface area (TPSA) is 59.4 Å². The Morgan fingerprint density at radius 2 is 1.80 bits per heavy atom. The summed E-state index contributed by atoms with van der Waals surface area (Å²) in [4.78, 5) is 16.8. The van der Waals surface area contributed by atoms with Crippen LogP contribution in [-0.4, -0.2) is 61.7 Å². The summed E-state index contributed by atoms with van der Waals surface area (Å²) in [5.74, 6) is 0.581. The van der Waals surface area contributed by atoms with Crippen molar-refractivity contribution >= 4 is 12.1 Å². The molecular weight excluding hydrogens is 312 g/mol. The third kappa shape index (κ3) is 12.6. The molecule has 1 fully saturated rings. The molecule has 0 aromatic carbocycles. The molecule has 0 aromatic rings. The van der Waals surface area contributed by atoms with Crippen LogP contribution in [0.15, 0.2) is 11.8 Å².